The molecule has 0 aliphatic rings. The second kappa shape index (κ2) is 6.53. The van der Waals surface area contributed by atoms with Crippen molar-refractivity contribution in [2.24, 2.45) is 11.7 Å². The summed E-state index contributed by atoms with van der Waals surface area (Å²) in [7, 11) is 1.47. The predicted octanol–water partition coefficient (Wildman–Crippen LogP) is 0.844. The minimum atomic E-state index is -1.21. The fourth-order valence-electron chi connectivity index (χ4n) is 1.63. The van der Waals surface area contributed by atoms with E-state index in [1.165, 1.54) is 13.2 Å². The third-order valence-corrected chi connectivity index (χ3v) is 2.62. The van der Waals surface area contributed by atoms with E-state index in [9.17, 15) is 14.4 Å². The SMILES string of the molecule is COc1cccc(C(=O)CC(CC(N)=O)C(=O)O)c1. The van der Waals surface area contributed by atoms with Crippen molar-refractivity contribution in [3.8, 4) is 5.75 Å². The van der Waals surface area contributed by atoms with Crippen LogP contribution in [0, 0.1) is 5.92 Å². The summed E-state index contributed by atoms with van der Waals surface area (Å²) in [6.45, 7) is 0. The zero-order chi connectivity index (χ0) is 14.4. The van der Waals surface area contributed by atoms with E-state index in [1.54, 1.807) is 18.2 Å². The molecule has 19 heavy (non-hydrogen) atoms. The first-order valence-electron chi connectivity index (χ1n) is 5.62. The standard InChI is InChI=1S/C13H15NO5/c1-19-10-4-2-3-8(5-10)11(15)6-9(13(17)18)7-12(14)16/h2-5,9H,6-7H2,1H3,(H2,14,16)(H,17,18). The minimum Gasteiger partial charge on any atom is -0.497 e. The average molecular weight is 265 g/mol. The lowest BCUT2D eigenvalue weighted by atomic mass is 9.95. The van der Waals surface area contributed by atoms with E-state index in [4.69, 9.17) is 15.6 Å². The van der Waals surface area contributed by atoms with E-state index in [-0.39, 0.29) is 18.6 Å². The highest BCUT2D eigenvalue weighted by Crippen LogP contribution is 2.18. The molecule has 0 saturated heterocycles. The lowest BCUT2D eigenvalue weighted by Crippen LogP contribution is -2.24. The molecule has 0 bridgehead atoms. The average Bonchev–Trinajstić information content (AvgIpc) is 2.37. The first-order valence-corrected chi connectivity index (χ1v) is 5.62. The molecular weight excluding hydrogens is 250 g/mol. The molecule has 0 saturated carbocycles. The van der Waals surface area contributed by atoms with Gasteiger partial charge in [-0.05, 0) is 12.1 Å². The minimum absolute atomic E-state index is 0.272. The van der Waals surface area contributed by atoms with Gasteiger partial charge in [-0.25, -0.2) is 0 Å². The maximum atomic E-state index is 11.9. The number of methoxy groups -OCH3 is 1. The van der Waals surface area contributed by atoms with Gasteiger partial charge in [0.15, 0.2) is 5.78 Å². The number of ketones is 1. The van der Waals surface area contributed by atoms with Gasteiger partial charge in [-0.1, -0.05) is 12.1 Å². The normalized spacial score (nSPS) is 11.6. The van der Waals surface area contributed by atoms with Gasteiger partial charge in [0.05, 0.1) is 13.0 Å². The predicted molar refractivity (Wildman–Crippen MR) is 66.9 cm³/mol. The molecule has 1 aromatic rings. The second-order valence-electron chi connectivity index (χ2n) is 4.06. The highest BCUT2D eigenvalue weighted by molar-refractivity contribution is 5.98. The summed E-state index contributed by atoms with van der Waals surface area (Å²) in [5.41, 5.74) is 5.30. The van der Waals surface area contributed by atoms with Gasteiger partial charge in [0, 0.05) is 18.4 Å². The van der Waals surface area contributed by atoms with E-state index >= 15 is 0 Å². The third-order valence-electron chi connectivity index (χ3n) is 2.62. The maximum absolute atomic E-state index is 11.9. The van der Waals surface area contributed by atoms with Crippen molar-refractivity contribution >= 4 is 17.7 Å². The summed E-state index contributed by atoms with van der Waals surface area (Å²) in [5, 5.41) is 8.93. The molecule has 0 heterocycles. The first kappa shape index (κ1) is 14.7. The Labute approximate surface area is 110 Å². The number of carboxylic acid groups (broad SMARTS) is 1. The van der Waals surface area contributed by atoms with Crippen molar-refractivity contribution in [3.63, 3.8) is 0 Å². The van der Waals surface area contributed by atoms with Gasteiger partial charge < -0.3 is 15.6 Å². The molecule has 1 amide bonds. The van der Waals surface area contributed by atoms with Crippen molar-refractivity contribution in [1.82, 2.24) is 0 Å². The van der Waals surface area contributed by atoms with Gasteiger partial charge in [-0.3, -0.25) is 14.4 Å². The van der Waals surface area contributed by atoms with Crippen LogP contribution in [-0.2, 0) is 9.59 Å². The van der Waals surface area contributed by atoms with Crippen molar-refractivity contribution in [3.05, 3.63) is 29.8 Å². The molecule has 6 nitrogen and oxygen atoms in total. The lowest BCUT2D eigenvalue weighted by molar-refractivity contribution is -0.143. The summed E-state index contributed by atoms with van der Waals surface area (Å²) in [5.74, 6) is -2.92. The fourth-order valence-corrected chi connectivity index (χ4v) is 1.63. The van der Waals surface area contributed by atoms with E-state index in [2.05, 4.69) is 0 Å². The molecular formula is C13H15NO5. The van der Waals surface area contributed by atoms with E-state index < -0.39 is 17.8 Å². The van der Waals surface area contributed by atoms with Crippen LogP contribution in [0.25, 0.3) is 0 Å². The zero-order valence-electron chi connectivity index (χ0n) is 10.5. The molecule has 1 atom stereocenters. The molecule has 0 aliphatic heterocycles. The van der Waals surface area contributed by atoms with Crippen LogP contribution in [0.3, 0.4) is 0 Å². The number of amides is 1. The Morgan fingerprint density at radius 3 is 2.53 bits per heavy atom. The molecule has 102 valence electrons. The quantitative estimate of drug-likeness (QED) is 0.710. The van der Waals surface area contributed by atoms with Gasteiger partial charge >= 0.3 is 5.97 Å². The van der Waals surface area contributed by atoms with Crippen LogP contribution in [0.2, 0.25) is 0 Å². The van der Waals surface area contributed by atoms with Crippen LogP contribution in [0.15, 0.2) is 24.3 Å². The topological polar surface area (TPSA) is 107 Å². The molecule has 6 heteroatoms. The number of Topliss-reactive ketones (excluding diaryl/α,β-unsaturated/α-hetero) is 1. The van der Waals surface area contributed by atoms with E-state index in [0.717, 1.165) is 0 Å². The Morgan fingerprint density at radius 2 is 2.00 bits per heavy atom. The highest BCUT2D eigenvalue weighted by atomic mass is 16.5. The van der Waals surface area contributed by atoms with Crippen LogP contribution < -0.4 is 10.5 Å². The van der Waals surface area contributed by atoms with Crippen LogP contribution in [0.4, 0.5) is 0 Å². The molecule has 1 unspecified atom stereocenters. The maximum Gasteiger partial charge on any atom is 0.307 e. The number of carboxylic acids is 1. The number of nitrogens with two attached hydrogens (primary N) is 1. The van der Waals surface area contributed by atoms with Crippen molar-refractivity contribution in [2.75, 3.05) is 7.11 Å². The van der Waals surface area contributed by atoms with Crippen LogP contribution >= 0.6 is 0 Å². The Hall–Kier alpha value is -2.37. The smallest absolute Gasteiger partial charge is 0.307 e. The highest BCUT2D eigenvalue weighted by Gasteiger charge is 2.24. The van der Waals surface area contributed by atoms with E-state index in [1.807, 2.05) is 0 Å². The Morgan fingerprint density at radius 1 is 1.32 bits per heavy atom. The fraction of sp³-hybridized carbons (Fsp3) is 0.308. The molecule has 0 radical (unpaired) electrons. The van der Waals surface area contributed by atoms with Crippen LogP contribution in [0.1, 0.15) is 23.2 Å². The monoisotopic (exact) mass is 265 g/mol. The summed E-state index contributed by atoms with van der Waals surface area (Å²) < 4.78 is 4.98. The van der Waals surface area contributed by atoms with Crippen molar-refractivity contribution in [2.45, 2.75) is 12.8 Å². The summed E-state index contributed by atoms with van der Waals surface area (Å²) >= 11 is 0. The summed E-state index contributed by atoms with van der Waals surface area (Å²) in [6.07, 6.45) is -0.628. The van der Waals surface area contributed by atoms with Gasteiger partial charge in [-0.2, -0.15) is 0 Å². The first-order chi connectivity index (χ1) is 8.93. The zero-order valence-corrected chi connectivity index (χ0v) is 10.5. The number of benzene rings is 1. The molecule has 1 aromatic carbocycles. The van der Waals surface area contributed by atoms with Gasteiger partial charge in [0.2, 0.25) is 5.91 Å². The molecule has 3 N–H and O–H groups in total. The number of ether oxygens (including phenoxy) is 1. The number of rotatable bonds is 7. The number of aliphatic carboxylic acids is 1. The number of primary amides is 1. The molecule has 0 spiro atoms. The molecule has 0 aromatic heterocycles. The van der Waals surface area contributed by atoms with Crippen molar-refractivity contribution in [1.29, 1.82) is 0 Å². The molecule has 0 aliphatic carbocycles. The van der Waals surface area contributed by atoms with Gasteiger partial charge in [-0.15, -0.1) is 0 Å². The second-order valence-corrected chi connectivity index (χ2v) is 4.06. The van der Waals surface area contributed by atoms with Crippen LogP contribution in [0.5, 0.6) is 5.75 Å². The van der Waals surface area contributed by atoms with Gasteiger partial charge in [0.1, 0.15) is 5.75 Å². The number of carbonyl (C=O) groups excluding carboxylic acids is 2. The van der Waals surface area contributed by atoms with Gasteiger partial charge in [0.25, 0.3) is 0 Å². The number of carbonyl (C=O) groups is 3. The Balaban J connectivity index is 2.81. The van der Waals surface area contributed by atoms with E-state index in [0.29, 0.717) is 11.3 Å². The Kier molecular flexibility index (Phi) is 5.05. The third kappa shape index (κ3) is 4.42. The number of hydrogen-bond donors (Lipinski definition) is 2. The number of hydrogen-bond acceptors (Lipinski definition) is 4. The van der Waals surface area contributed by atoms with Crippen molar-refractivity contribution < 1.29 is 24.2 Å². The molecule has 1 rings (SSSR count). The molecule has 0 fully saturated rings. The lowest BCUT2D eigenvalue weighted by Gasteiger charge is -2.10. The van der Waals surface area contributed by atoms with Crippen LogP contribution in [-0.4, -0.2) is 29.9 Å². The summed E-state index contributed by atoms with van der Waals surface area (Å²) in [4.78, 5) is 33.6. The summed E-state index contributed by atoms with van der Waals surface area (Å²) in [6, 6.07) is 6.39. The largest absolute Gasteiger partial charge is 0.497 e. The Bertz CT molecular complexity index is 498.